The summed E-state index contributed by atoms with van der Waals surface area (Å²) in [5, 5.41) is 11.1. The minimum absolute atomic E-state index is 0.0997. The van der Waals surface area contributed by atoms with E-state index < -0.39 is 22.6 Å². The maximum atomic E-state index is 12.8. The molecule has 7 nitrogen and oxygen atoms in total. The third-order valence-corrected chi connectivity index (χ3v) is 3.61. The normalized spacial score (nSPS) is 12.3. The highest BCUT2D eigenvalue weighted by atomic mass is 19.4. The Morgan fingerprint density at radius 1 is 1.15 bits per heavy atom. The highest BCUT2D eigenvalue weighted by Crippen LogP contribution is 2.31. The predicted octanol–water partition coefficient (Wildman–Crippen LogP) is 3.69. The Labute approximate surface area is 148 Å². The van der Waals surface area contributed by atoms with Crippen LogP contribution in [0.5, 0.6) is 0 Å². The number of nitro benzene ring substituents is 1. The SMILES string of the molecule is NC(=O)c1cc2cc([N+](=O)[O-])ccc2oc1=Nc1cccc(C(F)(F)F)c1. The minimum Gasteiger partial charge on any atom is -0.438 e. The summed E-state index contributed by atoms with van der Waals surface area (Å²) in [5.41, 5.74) is 3.67. The molecule has 2 N–H and O–H groups in total. The zero-order chi connectivity index (χ0) is 19.8. The summed E-state index contributed by atoms with van der Waals surface area (Å²) in [7, 11) is 0. The van der Waals surface area contributed by atoms with Crippen LogP contribution in [0.3, 0.4) is 0 Å². The van der Waals surface area contributed by atoms with E-state index in [1.165, 1.54) is 30.3 Å². The van der Waals surface area contributed by atoms with Crippen molar-refractivity contribution in [1.82, 2.24) is 0 Å². The molecule has 0 atom stereocenters. The third kappa shape index (κ3) is 3.78. The Balaban J connectivity index is 2.23. The Hall–Kier alpha value is -3.69. The summed E-state index contributed by atoms with van der Waals surface area (Å²) in [6.45, 7) is 0. The van der Waals surface area contributed by atoms with Crippen LogP contribution in [0.1, 0.15) is 15.9 Å². The molecule has 0 aliphatic carbocycles. The van der Waals surface area contributed by atoms with Crippen LogP contribution in [-0.4, -0.2) is 10.8 Å². The number of alkyl halides is 3. The largest absolute Gasteiger partial charge is 0.438 e. The van der Waals surface area contributed by atoms with E-state index in [1.807, 2.05) is 0 Å². The van der Waals surface area contributed by atoms with Gasteiger partial charge in [-0.15, -0.1) is 0 Å². The molecule has 0 aliphatic rings. The van der Waals surface area contributed by atoms with Gasteiger partial charge in [0.1, 0.15) is 11.1 Å². The molecule has 3 aromatic rings. The van der Waals surface area contributed by atoms with Crippen LogP contribution in [-0.2, 0) is 6.18 Å². The van der Waals surface area contributed by atoms with Crippen molar-refractivity contribution >= 4 is 28.3 Å². The van der Waals surface area contributed by atoms with Crippen molar-refractivity contribution in [2.24, 2.45) is 10.7 Å². The van der Waals surface area contributed by atoms with E-state index >= 15 is 0 Å². The quantitative estimate of drug-likeness (QED) is 0.554. The number of nitrogens with two attached hydrogens (primary N) is 1. The second-order valence-electron chi connectivity index (χ2n) is 5.47. The Morgan fingerprint density at radius 2 is 1.89 bits per heavy atom. The molecular weight excluding hydrogens is 367 g/mol. The van der Waals surface area contributed by atoms with Gasteiger partial charge in [0, 0.05) is 17.5 Å². The number of fused-ring (bicyclic) bond motifs is 1. The number of carbonyl (C=O) groups is 1. The standard InChI is InChI=1S/C17H10F3N3O4/c18-17(19,20)10-2-1-3-11(8-10)22-16-13(15(21)24)7-9-6-12(23(25)26)4-5-14(9)27-16/h1-8H,(H2,21,24). The molecule has 1 heterocycles. The lowest BCUT2D eigenvalue weighted by Crippen LogP contribution is -2.21. The molecule has 0 unspecified atom stereocenters. The van der Waals surface area contributed by atoms with Crippen molar-refractivity contribution in [3.05, 3.63) is 75.3 Å². The molecule has 3 rings (SSSR count). The topological polar surface area (TPSA) is 112 Å². The maximum absolute atomic E-state index is 12.8. The number of primary amides is 1. The highest BCUT2D eigenvalue weighted by Gasteiger charge is 2.30. The molecule has 0 aliphatic heterocycles. The molecule has 2 aromatic carbocycles. The number of halogens is 3. The summed E-state index contributed by atoms with van der Waals surface area (Å²) in [6.07, 6.45) is -4.56. The van der Waals surface area contributed by atoms with Crippen molar-refractivity contribution in [2.75, 3.05) is 0 Å². The summed E-state index contributed by atoms with van der Waals surface area (Å²) >= 11 is 0. The number of rotatable bonds is 3. The number of hydrogen-bond donors (Lipinski definition) is 1. The van der Waals surface area contributed by atoms with Gasteiger partial charge in [-0.25, -0.2) is 4.99 Å². The minimum atomic E-state index is -4.56. The van der Waals surface area contributed by atoms with Crippen LogP contribution in [0, 0.1) is 10.1 Å². The van der Waals surface area contributed by atoms with E-state index in [0.717, 1.165) is 18.2 Å². The molecule has 0 fully saturated rings. The first-order chi connectivity index (χ1) is 12.6. The number of nitrogens with zero attached hydrogens (tertiary/aromatic N) is 2. The summed E-state index contributed by atoms with van der Waals surface area (Å²) < 4.78 is 43.9. The van der Waals surface area contributed by atoms with Crippen molar-refractivity contribution in [2.45, 2.75) is 6.18 Å². The zero-order valence-electron chi connectivity index (χ0n) is 13.4. The lowest BCUT2D eigenvalue weighted by molar-refractivity contribution is -0.384. The average molecular weight is 377 g/mol. The fourth-order valence-electron chi connectivity index (χ4n) is 2.36. The molecule has 138 valence electrons. The monoisotopic (exact) mass is 377 g/mol. The van der Waals surface area contributed by atoms with Gasteiger partial charge in [-0.05, 0) is 30.3 Å². The van der Waals surface area contributed by atoms with Gasteiger partial charge < -0.3 is 10.2 Å². The van der Waals surface area contributed by atoms with Crippen LogP contribution in [0.2, 0.25) is 0 Å². The lowest BCUT2D eigenvalue weighted by atomic mass is 10.1. The van der Waals surface area contributed by atoms with Gasteiger partial charge in [0.25, 0.3) is 11.6 Å². The first-order valence-electron chi connectivity index (χ1n) is 7.39. The lowest BCUT2D eigenvalue weighted by Gasteiger charge is -2.06. The molecule has 1 amide bonds. The molecule has 10 heteroatoms. The second kappa shape index (κ2) is 6.56. The van der Waals surface area contributed by atoms with E-state index in [4.69, 9.17) is 10.2 Å². The number of hydrogen-bond acceptors (Lipinski definition) is 5. The summed E-state index contributed by atoms with van der Waals surface area (Å²) in [6, 6.07) is 9.03. The van der Waals surface area contributed by atoms with Crippen LogP contribution in [0.4, 0.5) is 24.5 Å². The first-order valence-corrected chi connectivity index (χ1v) is 7.39. The van der Waals surface area contributed by atoms with E-state index in [2.05, 4.69) is 4.99 Å². The van der Waals surface area contributed by atoms with Gasteiger partial charge in [0.15, 0.2) is 0 Å². The van der Waals surface area contributed by atoms with Gasteiger partial charge in [-0.2, -0.15) is 13.2 Å². The van der Waals surface area contributed by atoms with Crippen LogP contribution < -0.4 is 11.3 Å². The van der Waals surface area contributed by atoms with Crippen LogP contribution in [0.25, 0.3) is 11.0 Å². The highest BCUT2D eigenvalue weighted by molar-refractivity contribution is 5.95. The van der Waals surface area contributed by atoms with Crippen molar-refractivity contribution in [3.63, 3.8) is 0 Å². The van der Waals surface area contributed by atoms with Crippen molar-refractivity contribution in [3.8, 4) is 0 Å². The van der Waals surface area contributed by atoms with E-state index in [-0.39, 0.29) is 33.5 Å². The average Bonchev–Trinajstić information content (AvgIpc) is 2.60. The molecule has 0 bridgehead atoms. The van der Waals surface area contributed by atoms with Gasteiger partial charge in [-0.1, -0.05) is 6.07 Å². The molecular formula is C17H10F3N3O4. The van der Waals surface area contributed by atoms with Gasteiger partial charge in [0.2, 0.25) is 5.55 Å². The molecule has 0 saturated heterocycles. The molecule has 0 radical (unpaired) electrons. The number of benzene rings is 2. The van der Waals surface area contributed by atoms with E-state index in [0.29, 0.717) is 0 Å². The van der Waals surface area contributed by atoms with Gasteiger partial charge in [-0.3, -0.25) is 14.9 Å². The Kier molecular flexibility index (Phi) is 4.40. The van der Waals surface area contributed by atoms with Gasteiger partial charge in [0.05, 0.1) is 16.2 Å². The number of carbonyl (C=O) groups excluding carboxylic acids is 1. The fourth-order valence-corrected chi connectivity index (χ4v) is 2.36. The maximum Gasteiger partial charge on any atom is 0.416 e. The van der Waals surface area contributed by atoms with Crippen molar-refractivity contribution in [1.29, 1.82) is 0 Å². The summed E-state index contributed by atoms with van der Waals surface area (Å²) in [5.74, 6) is -0.946. The van der Waals surface area contributed by atoms with E-state index in [9.17, 15) is 28.1 Å². The predicted molar refractivity (Wildman–Crippen MR) is 88.1 cm³/mol. The summed E-state index contributed by atoms with van der Waals surface area (Å²) in [4.78, 5) is 25.9. The Bertz CT molecular complexity index is 1140. The zero-order valence-corrected chi connectivity index (χ0v) is 13.4. The fraction of sp³-hybridized carbons (Fsp3) is 0.0588. The molecule has 0 spiro atoms. The Morgan fingerprint density at radius 3 is 2.52 bits per heavy atom. The number of amides is 1. The van der Waals surface area contributed by atoms with E-state index in [1.54, 1.807) is 0 Å². The first kappa shape index (κ1) is 18.1. The van der Waals surface area contributed by atoms with Crippen LogP contribution >= 0.6 is 0 Å². The smallest absolute Gasteiger partial charge is 0.416 e. The third-order valence-electron chi connectivity index (χ3n) is 3.61. The molecule has 27 heavy (non-hydrogen) atoms. The van der Waals surface area contributed by atoms with Gasteiger partial charge >= 0.3 is 6.18 Å². The molecule has 0 saturated carbocycles. The van der Waals surface area contributed by atoms with Crippen LogP contribution in [0.15, 0.2) is 57.9 Å². The number of nitro groups is 1. The molecule has 1 aromatic heterocycles. The second-order valence-corrected chi connectivity index (χ2v) is 5.47. The van der Waals surface area contributed by atoms with Crippen molar-refractivity contribution < 1.29 is 27.3 Å². The number of non-ortho nitro benzene ring substituents is 1.